The van der Waals surface area contributed by atoms with E-state index in [-0.39, 0.29) is 5.56 Å². The highest BCUT2D eigenvalue weighted by atomic mass is 16.5. The molecule has 154 valence electrons. The molecule has 0 spiro atoms. The predicted octanol–water partition coefficient (Wildman–Crippen LogP) is 1.74. The van der Waals surface area contributed by atoms with Gasteiger partial charge >= 0.3 is 0 Å². The molecule has 9 nitrogen and oxygen atoms in total. The highest BCUT2D eigenvalue weighted by Gasteiger charge is 2.09. The van der Waals surface area contributed by atoms with Crippen molar-refractivity contribution in [2.45, 2.75) is 25.8 Å². The van der Waals surface area contributed by atoms with Gasteiger partial charge in [-0.3, -0.25) is 15.1 Å². The van der Waals surface area contributed by atoms with E-state index in [1.54, 1.807) is 27.3 Å². The fourth-order valence-electron chi connectivity index (χ4n) is 2.76. The fraction of sp³-hybridized carbons (Fsp3) is 0.400. The minimum atomic E-state index is -0.133. The van der Waals surface area contributed by atoms with E-state index in [4.69, 9.17) is 14.7 Å². The van der Waals surface area contributed by atoms with Gasteiger partial charge in [0.2, 0.25) is 5.96 Å². The van der Waals surface area contributed by atoms with Crippen LogP contribution in [0.4, 0.5) is 0 Å². The Morgan fingerprint density at radius 3 is 2.66 bits per heavy atom. The zero-order valence-corrected chi connectivity index (χ0v) is 16.9. The average Bonchev–Trinajstić information content (AvgIpc) is 2.75. The van der Waals surface area contributed by atoms with Crippen molar-refractivity contribution < 1.29 is 9.47 Å². The van der Waals surface area contributed by atoms with Gasteiger partial charge in [-0.25, -0.2) is 4.68 Å². The number of benzene rings is 1. The Morgan fingerprint density at radius 2 is 1.97 bits per heavy atom. The molecule has 2 aromatic rings. The van der Waals surface area contributed by atoms with Crippen LogP contribution >= 0.6 is 0 Å². The largest absolute Gasteiger partial charge is 0.493 e. The van der Waals surface area contributed by atoms with Crippen LogP contribution in [0.5, 0.6) is 11.5 Å². The summed E-state index contributed by atoms with van der Waals surface area (Å²) in [6.07, 6.45) is 4.43. The van der Waals surface area contributed by atoms with Crippen LogP contribution in [0.3, 0.4) is 0 Å². The maximum absolute atomic E-state index is 12.1. The van der Waals surface area contributed by atoms with Gasteiger partial charge in [0.15, 0.2) is 17.7 Å². The van der Waals surface area contributed by atoms with Crippen LogP contribution in [-0.4, -0.2) is 43.6 Å². The van der Waals surface area contributed by atoms with Crippen molar-refractivity contribution in [3.8, 4) is 28.9 Å². The standard InChI is InChI=1S/C20H26N6O3/c1-22-20(24-14-21)23-11-5-4-6-12-26-19(27)10-8-16(25-26)15-7-9-17(28-2)18(13-15)29-3/h7-10,13H,4-6,11-12H2,1-3H3,(H2,22,23,24). The molecule has 2 N–H and O–H groups in total. The SMILES string of the molecule is CN=C(NC#N)NCCCCCn1nc(-c2ccc(OC)c(OC)c2)ccc1=O. The monoisotopic (exact) mass is 398 g/mol. The highest BCUT2D eigenvalue weighted by molar-refractivity contribution is 5.80. The molecular weight excluding hydrogens is 372 g/mol. The molecule has 1 aromatic carbocycles. The molecule has 9 heteroatoms. The van der Waals surface area contributed by atoms with Gasteiger partial charge in [-0.05, 0) is 43.5 Å². The molecule has 0 bridgehead atoms. The minimum absolute atomic E-state index is 0.133. The number of ether oxygens (including phenoxy) is 2. The first-order valence-electron chi connectivity index (χ1n) is 9.29. The maximum atomic E-state index is 12.1. The molecule has 2 rings (SSSR count). The van der Waals surface area contributed by atoms with Gasteiger partial charge in [-0.1, -0.05) is 0 Å². The number of aromatic nitrogens is 2. The number of nitriles is 1. The lowest BCUT2D eigenvalue weighted by atomic mass is 10.1. The summed E-state index contributed by atoms with van der Waals surface area (Å²) in [6.45, 7) is 1.22. The van der Waals surface area contributed by atoms with Crippen molar-refractivity contribution in [2.24, 2.45) is 4.99 Å². The van der Waals surface area contributed by atoms with Crippen molar-refractivity contribution in [1.82, 2.24) is 20.4 Å². The zero-order chi connectivity index (χ0) is 21.1. The molecule has 0 saturated heterocycles. The number of guanidine groups is 1. The second-order valence-electron chi connectivity index (χ2n) is 6.15. The molecule has 0 radical (unpaired) electrons. The summed E-state index contributed by atoms with van der Waals surface area (Å²) in [5.74, 6) is 1.70. The molecule has 1 heterocycles. The van der Waals surface area contributed by atoms with Crippen molar-refractivity contribution in [2.75, 3.05) is 27.8 Å². The summed E-state index contributed by atoms with van der Waals surface area (Å²) in [4.78, 5) is 16.1. The van der Waals surface area contributed by atoms with Crippen LogP contribution in [0.25, 0.3) is 11.3 Å². The third kappa shape index (κ3) is 6.24. The lowest BCUT2D eigenvalue weighted by Crippen LogP contribution is -2.34. The molecule has 0 amide bonds. The third-order valence-electron chi connectivity index (χ3n) is 4.28. The van der Waals surface area contributed by atoms with Crippen LogP contribution in [0.1, 0.15) is 19.3 Å². The zero-order valence-electron chi connectivity index (χ0n) is 16.9. The van der Waals surface area contributed by atoms with Gasteiger partial charge in [-0.2, -0.15) is 10.4 Å². The third-order valence-corrected chi connectivity index (χ3v) is 4.28. The van der Waals surface area contributed by atoms with Crippen LogP contribution in [0.15, 0.2) is 40.1 Å². The van der Waals surface area contributed by atoms with Crippen molar-refractivity contribution >= 4 is 5.96 Å². The molecule has 0 aliphatic rings. The average molecular weight is 398 g/mol. The lowest BCUT2D eigenvalue weighted by Gasteiger charge is -2.11. The van der Waals surface area contributed by atoms with Gasteiger partial charge in [0.25, 0.3) is 5.56 Å². The molecule has 0 aliphatic heterocycles. The van der Waals surface area contributed by atoms with Crippen LogP contribution in [0.2, 0.25) is 0 Å². The minimum Gasteiger partial charge on any atom is -0.493 e. The van der Waals surface area contributed by atoms with E-state index in [2.05, 4.69) is 20.7 Å². The van der Waals surface area contributed by atoms with E-state index in [0.717, 1.165) is 24.8 Å². The number of unbranched alkanes of at least 4 members (excludes halogenated alkanes) is 2. The lowest BCUT2D eigenvalue weighted by molar-refractivity contribution is 0.355. The van der Waals surface area contributed by atoms with Crippen molar-refractivity contribution in [3.63, 3.8) is 0 Å². The van der Waals surface area contributed by atoms with Crippen LogP contribution < -0.4 is 25.7 Å². The Labute approximate surface area is 170 Å². The van der Waals surface area contributed by atoms with Crippen molar-refractivity contribution in [1.29, 1.82) is 5.26 Å². The number of hydrogen-bond donors (Lipinski definition) is 2. The number of rotatable bonds is 9. The van der Waals surface area contributed by atoms with E-state index in [9.17, 15) is 4.79 Å². The van der Waals surface area contributed by atoms with Crippen molar-refractivity contribution in [3.05, 3.63) is 40.7 Å². The van der Waals surface area contributed by atoms with E-state index in [1.807, 2.05) is 24.4 Å². The second-order valence-corrected chi connectivity index (χ2v) is 6.15. The van der Waals surface area contributed by atoms with E-state index in [1.165, 1.54) is 10.7 Å². The topological polar surface area (TPSA) is 114 Å². The summed E-state index contributed by atoms with van der Waals surface area (Å²) in [5.41, 5.74) is 1.40. The van der Waals surface area contributed by atoms with E-state index >= 15 is 0 Å². The molecule has 0 aliphatic carbocycles. The fourth-order valence-corrected chi connectivity index (χ4v) is 2.76. The quantitative estimate of drug-likeness (QED) is 0.217. The van der Waals surface area contributed by atoms with Crippen LogP contribution in [-0.2, 0) is 6.54 Å². The van der Waals surface area contributed by atoms with E-state index < -0.39 is 0 Å². The Bertz CT molecular complexity index is 933. The molecular formula is C20H26N6O3. The first-order valence-corrected chi connectivity index (χ1v) is 9.29. The van der Waals surface area contributed by atoms with Gasteiger partial charge in [0, 0.05) is 31.8 Å². The van der Waals surface area contributed by atoms with Gasteiger partial charge in [-0.15, -0.1) is 0 Å². The normalized spacial score (nSPS) is 10.9. The van der Waals surface area contributed by atoms with E-state index in [0.29, 0.717) is 36.2 Å². The Kier molecular flexibility index (Phi) is 8.51. The second kappa shape index (κ2) is 11.3. The highest BCUT2D eigenvalue weighted by Crippen LogP contribution is 2.31. The summed E-state index contributed by atoms with van der Waals surface area (Å²) >= 11 is 0. The first kappa shape index (κ1) is 21.8. The van der Waals surface area contributed by atoms with Crippen LogP contribution in [0, 0.1) is 11.5 Å². The molecule has 0 atom stereocenters. The molecule has 0 saturated carbocycles. The number of hydrogen-bond acceptors (Lipinski definition) is 6. The summed E-state index contributed by atoms with van der Waals surface area (Å²) in [6, 6.07) is 8.76. The smallest absolute Gasteiger partial charge is 0.266 e. The molecule has 1 aromatic heterocycles. The van der Waals surface area contributed by atoms with Gasteiger partial charge in [0.1, 0.15) is 0 Å². The number of aliphatic imine (C=N–C) groups is 1. The first-order chi connectivity index (χ1) is 14.1. The van der Waals surface area contributed by atoms with Gasteiger partial charge in [0.05, 0.1) is 19.9 Å². The summed E-state index contributed by atoms with van der Waals surface area (Å²) in [5, 5.41) is 18.6. The maximum Gasteiger partial charge on any atom is 0.266 e. The Morgan fingerprint density at radius 1 is 1.17 bits per heavy atom. The number of nitrogens with zero attached hydrogens (tertiary/aromatic N) is 4. The van der Waals surface area contributed by atoms with Gasteiger partial charge < -0.3 is 14.8 Å². The summed E-state index contributed by atoms with van der Waals surface area (Å²) in [7, 11) is 4.77. The molecule has 0 unspecified atom stereocenters. The number of aryl methyl sites for hydroxylation is 1. The molecule has 0 fully saturated rings. The summed E-state index contributed by atoms with van der Waals surface area (Å²) < 4.78 is 12.1. The number of nitrogens with one attached hydrogen (secondary N) is 2. The Balaban J connectivity index is 1.94. The Hall–Kier alpha value is -3.54. The predicted molar refractivity (Wildman–Crippen MR) is 111 cm³/mol. The number of methoxy groups -OCH3 is 2. The molecule has 29 heavy (non-hydrogen) atoms.